The van der Waals surface area contributed by atoms with E-state index in [1.54, 1.807) is 20.8 Å². The van der Waals surface area contributed by atoms with E-state index < -0.39 is 11.7 Å². The highest BCUT2D eigenvalue weighted by atomic mass is 35.5. The standard InChI is InChI=1S/C23H27Cl2N5O3/c1-23(2,3)33-22(31)26-10-11-32-18-19(24)29-21(25)30-20(18)27-13-8-9-17-15(12-13)14-6-4-5-7-16(14)28-17/h4-7,13,28H,8-12H2,1-3H3,(H,26,31)(H,27,29,30)/t13-/m1/s1. The van der Waals surface area contributed by atoms with Gasteiger partial charge in [-0.2, -0.15) is 4.98 Å². The molecule has 1 aliphatic carbocycles. The molecule has 3 N–H and O–H groups in total. The van der Waals surface area contributed by atoms with Gasteiger partial charge in [0.15, 0.2) is 16.7 Å². The van der Waals surface area contributed by atoms with Crippen molar-refractivity contribution in [2.24, 2.45) is 0 Å². The van der Waals surface area contributed by atoms with Crippen LogP contribution in [0.3, 0.4) is 0 Å². The fraction of sp³-hybridized carbons (Fsp3) is 0.435. The van der Waals surface area contributed by atoms with Gasteiger partial charge in [0, 0.05) is 22.6 Å². The Bertz CT molecular complexity index is 1160. The Labute approximate surface area is 202 Å². The van der Waals surface area contributed by atoms with Crippen molar-refractivity contribution in [3.63, 3.8) is 0 Å². The summed E-state index contributed by atoms with van der Waals surface area (Å²) in [7, 11) is 0. The number of nitrogens with one attached hydrogen (secondary N) is 3. The van der Waals surface area contributed by atoms with E-state index in [1.807, 2.05) is 6.07 Å². The maximum Gasteiger partial charge on any atom is 0.407 e. The predicted molar refractivity (Wildman–Crippen MR) is 130 cm³/mol. The fourth-order valence-corrected chi connectivity index (χ4v) is 4.37. The smallest absolute Gasteiger partial charge is 0.407 e. The Kier molecular flexibility index (Phi) is 6.86. The predicted octanol–water partition coefficient (Wildman–Crippen LogP) is 5.14. The number of rotatable bonds is 6. The van der Waals surface area contributed by atoms with Crippen molar-refractivity contribution in [2.45, 2.75) is 51.7 Å². The molecule has 0 saturated heterocycles. The van der Waals surface area contributed by atoms with Crippen LogP contribution in [0.2, 0.25) is 10.4 Å². The van der Waals surface area contributed by atoms with Crippen LogP contribution in [-0.4, -0.2) is 45.8 Å². The van der Waals surface area contributed by atoms with Crippen molar-refractivity contribution in [1.29, 1.82) is 0 Å². The molecule has 0 spiro atoms. The monoisotopic (exact) mass is 491 g/mol. The van der Waals surface area contributed by atoms with E-state index in [2.05, 4.69) is 43.8 Å². The lowest BCUT2D eigenvalue weighted by atomic mass is 9.91. The highest BCUT2D eigenvalue weighted by Gasteiger charge is 2.25. The number of halogens is 2. The fourth-order valence-electron chi connectivity index (χ4n) is 3.93. The number of benzene rings is 1. The summed E-state index contributed by atoms with van der Waals surface area (Å²) >= 11 is 12.4. The van der Waals surface area contributed by atoms with Crippen LogP contribution in [0.4, 0.5) is 10.6 Å². The van der Waals surface area contributed by atoms with E-state index in [1.165, 1.54) is 16.6 Å². The Balaban J connectivity index is 1.42. The van der Waals surface area contributed by atoms with Crippen molar-refractivity contribution >= 4 is 46.0 Å². The van der Waals surface area contributed by atoms with Gasteiger partial charge in [-0.1, -0.05) is 29.8 Å². The molecular formula is C23H27Cl2N5O3. The number of amides is 1. The summed E-state index contributed by atoms with van der Waals surface area (Å²) in [5, 5.41) is 7.46. The third-order valence-corrected chi connectivity index (χ3v) is 5.67. The first-order valence-corrected chi connectivity index (χ1v) is 11.6. The van der Waals surface area contributed by atoms with Crippen molar-refractivity contribution < 1.29 is 14.3 Å². The number of carbonyl (C=O) groups excluding carboxylic acids is 1. The second kappa shape index (κ2) is 9.65. The molecular weight excluding hydrogens is 465 g/mol. The molecule has 0 bridgehead atoms. The molecule has 10 heteroatoms. The molecule has 2 aromatic heterocycles. The maximum absolute atomic E-state index is 11.8. The third kappa shape index (κ3) is 5.81. The molecule has 0 fully saturated rings. The summed E-state index contributed by atoms with van der Waals surface area (Å²) in [6, 6.07) is 8.44. The number of aromatic nitrogens is 3. The molecule has 8 nitrogen and oxygen atoms in total. The molecule has 0 aliphatic heterocycles. The van der Waals surface area contributed by atoms with Crippen molar-refractivity contribution in [3.05, 3.63) is 46.0 Å². The average molecular weight is 492 g/mol. The normalized spacial score (nSPS) is 15.7. The SMILES string of the molecule is CC(C)(C)OC(=O)NCCOc1c(Cl)nc(Cl)nc1N[C@@H]1CCc2[nH]c3ccccc3c2C1. The second-order valence-corrected chi connectivity index (χ2v) is 9.65. The van der Waals surface area contributed by atoms with E-state index >= 15 is 0 Å². The maximum atomic E-state index is 11.8. The lowest BCUT2D eigenvalue weighted by Gasteiger charge is -2.25. The number of hydrogen-bond donors (Lipinski definition) is 3. The third-order valence-electron chi connectivity index (χ3n) is 5.25. The molecule has 33 heavy (non-hydrogen) atoms. The van der Waals surface area contributed by atoms with E-state index in [4.69, 9.17) is 32.7 Å². The van der Waals surface area contributed by atoms with Gasteiger partial charge in [0.25, 0.3) is 0 Å². The van der Waals surface area contributed by atoms with E-state index in [0.29, 0.717) is 11.6 Å². The first kappa shape index (κ1) is 23.4. The number of carbonyl (C=O) groups is 1. The number of anilines is 1. The number of H-pyrrole nitrogens is 1. The summed E-state index contributed by atoms with van der Waals surface area (Å²) in [6.45, 7) is 5.80. The minimum Gasteiger partial charge on any atom is -0.485 e. The molecule has 2 heterocycles. The van der Waals surface area contributed by atoms with Crippen molar-refractivity contribution in [3.8, 4) is 5.75 Å². The number of alkyl carbamates (subject to hydrolysis) is 1. The van der Waals surface area contributed by atoms with E-state index in [0.717, 1.165) is 24.8 Å². The molecule has 0 saturated carbocycles. The minimum atomic E-state index is -0.569. The number of ether oxygens (including phenoxy) is 2. The molecule has 1 aliphatic rings. The van der Waals surface area contributed by atoms with E-state index in [-0.39, 0.29) is 29.6 Å². The molecule has 4 rings (SSSR count). The van der Waals surface area contributed by atoms with Crippen LogP contribution in [0.15, 0.2) is 24.3 Å². The van der Waals surface area contributed by atoms with Crippen LogP contribution in [-0.2, 0) is 17.6 Å². The van der Waals surface area contributed by atoms with Gasteiger partial charge in [-0.25, -0.2) is 9.78 Å². The number of aromatic amines is 1. The molecule has 0 radical (unpaired) electrons. The van der Waals surface area contributed by atoms with Gasteiger partial charge in [-0.3, -0.25) is 0 Å². The lowest BCUT2D eigenvalue weighted by Crippen LogP contribution is -2.34. The van der Waals surface area contributed by atoms with Gasteiger partial charge in [0.05, 0.1) is 6.54 Å². The number of hydrogen-bond acceptors (Lipinski definition) is 6. The highest BCUT2D eigenvalue weighted by molar-refractivity contribution is 6.33. The quantitative estimate of drug-likeness (QED) is 0.250. The summed E-state index contributed by atoms with van der Waals surface area (Å²) in [5.74, 6) is 0.738. The Morgan fingerprint density at radius 1 is 1.24 bits per heavy atom. The van der Waals surface area contributed by atoms with Crippen LogP contribution in [0.1, 0.15) is 38.4 Å². The van der Waals surface area contributed by atoms with Crippen LogP contribution in [0.5, 0.6) is 5.75 Å². The van der Waals surface area contributed by atoms with Gasteiger partial charge in [0.1, 0.15) is 12.2 Å². The van der Waals surface area contributed by atoms with E-state index in [9.17, 15) is 4.79 Å². The molecule has 1 amide bonds. The van der Waals surface area contributed by atoms with Gasteiger partial charge >= 0.3 is 6.09 Å². The van der Waals surface area contributed by atoms with Gasteiger partial charge in [0.2, 0.25) is 5.28 Å². The van der Waals surface area contributed by atoms with Gasteiger partial charge < -0.3 is 25.1 Å². The summed E-state index contributed by atoms with van der Waals surface area (Å²) in [4.78, 5) is 23.6. The number of para-hydroxylation sites is 1. The number of aryl methyl sites for hydroxylation is 1. The van der Waals surface area contributed by atoms with Crippen LogP contribution < -0.4 is 15.4 Å². The van der Waals surface area contributed by atoms with Crippen molar-refractivity contribution in [1.82, 2.24) is 20.3 Å². The Hall–Kier alpha value is -2.71. The van der Waals surface area contributed by atoms with Crippen molar-refractivity contribution in [2.75, 3.05) is 18.5 Å². The molecule has 1 atom stereocenters. The number of fused-ring (bicyclic) bond motifs is 3. The number of nitrogens with zero attached hydrogens (tertiary/aromatic N) is 2. The lowest BCUT2D eigenvalue weighted by molar-refractivity contribution is 0.0520. The first-order chi connectivity index (χ1) is 15.7. The van der Waals surface area contributed by atoms with Crippen LogP contribution in [0.25, 0.3) is 10.9 Å². The molecule has 176 valence electrons. The molecule has 0 unspecified atom stereocenters. The zero-order valence-electron chi connectivity index (χ0n) is 18.8. The zero-order valence-corrected chi connectivity index (χ0v) is 20.3. The molecule has 1 aromatic carbocycles. The zero-order chi connectivity index (χ0) is 23.6. The summed E-state index contributed by atoms with van der Waals surface area (Å²) in [5.41, 5.74) is 3.17. The van der Waals surface area contributed by atoms with Gasteiger partial charge in [-0.15, -0.1) is 0 Å². The highest BCUT2D eigenvalue weighted by Crippen LogP contribution is 2.35. The van der Waals surface area contributed by atoms with Crippen LogP contribution >= 0.6 is 23.2 Å². The topological polar surface area (TPSA) is 101 Å². The largest absolute Gasteiger partial charge is 0.485 e. The van der Waals surface area contributed by atoms with Gasteiger partial charge in [-0.05, 0) is 63.3 Å². The summed E-state index contributed by atoms with van der Waals surface area (Å²) in [6.07, 6.45) is 2.15. The Morgan fingerprint density at radius 3 is 2.82 bits per heavy atom. The minimum absolute atomic E-state index is 0.0327. The molecule has 3 aromatic rings. The summed E-state index contributed by atoms with van der Waals surface area (Å²) < 4.78 is 11.0. The average Bonchev–Trinajstić information content (AvgIpc) is 3.09. The Morgan fingerprint density at radius 2 is 2.03 bits per heavy atom. The van der Waals surface area contributed by atoms with Crippen LogP contribution in [0, 0.1) is 0 Å². The second-order valence-electron chi connectivity index (χ2n) is 8.95. The first-order valence-electron chi connectivity index (χ1n) is 10.9.